The summed E-state index contributed by atoms with van der Waals surface area (Å²) in [5.41, 5.74) is 0. The summed E-state index contributed by atoms with van der Waals surface area (Å²) in [6.45, 7) is -0.328. The molecule has 0 aliphatic carbocycles. The van der Waals surface area contributed by atoms with Gasteiger partial charge in [0.25, 0.3) is 0 Å². The highest BCUT2D eigenvalue weighted by atomic mass is 33.4. The van der Waals surface area contributed by atoms with Gasteiger partial charge >= 0.3 is 0 Å². The van der Waals surface area contributed by atoms with E-state index in [1.807, 2.05) is 0 Å². The van der Waals surface area contributed by atoms with Crippen LogP contribution >= 0.6 is 129 Å². The summed E-state index contributed by atoms with van der Waals surface area (Å²) in [7, 11) is 30.6. The molecule has 0 radical (unpaired) electrons. The van der Waals surface area contributed by atoms with Gasteiger partial charge in [-0.1, -0.05) is 6.99 Å². The summed E-state index contributed by atoms with van der Waals surface area (Å²) in [6.07, 6.45) is 0. The first-order valence-corrected chi connectivity index (χ1v) is 30.5. The van der Waals surface area contributed by atoms with E-state index in [-0.39, 0.29) is 48.9 Å². The summed E-state index contributed by atoms with van der Waals surface area (Å²) in [5.74, 6) is 0. The van der Waals surface area contributed by atoms with Gasteiger partial charge in [-0.25, -0.2) is 6.99 Å². The van der Waals surface area contributed by atoms with E-state index in [1.165, 1.54) is 0 Å². The van der Waals surface area contributed by atoms with Crippen molar-refractivity contribution in [2.45, 2.75) is 0 Å². The van der Waals surface area contributed by atoms with Crippen molar-refractivity contribution in [1.29, 1.82) is 0 Å². The number of hydrogen-bond donors (Lipinski definition) is 0. The molecule has 0 aromatic carbocycles. The Balaban J connectivity index is 5.00. The highest BCUT2D eigenvalue weighted by molar-refractivity contribution is 9.30. The fourth-order valence-electron chi connectivity index (χ4n) is 0.637. The highest BCUT2D eigenvalue weighted by Crippen LogP contribution is 3.24. The van der Waals surface area contributed by atoms with Gasteiger partial charge in [-0.15, -0.1) is 44.6 Å². The van der Waals surface area contributed by atoms with Crippen molar-refractivity contribution in [3.8, 4) is 0 Å². The van der Waals surface area contributed by atoms with E-state index in [1.54, 1.807) is 0 Å². The van der Waals surface area contributed by atoms with Crippen LogP contribution in [0.3, 0.4) is 0 Å². The zero-order valence-corrected chi connectivity index (χ0v) is 24.1. The predicted molar refractivity (Wildman–Crippen MR) is 130 cm³/mol. The lowest BCUT2D eigenvalue weighted by Gasteiger charge is -2.57. The summed E-state index contributed by atoms with van der Waals surface area (Å²) in [4.78, 5) is 0. The van der Waals surface area contributed by atoms with Crippen LogP contribution in [0.15, 0.2) is 0 Å². The van der Waals surface area contributed by atoms with Gasteiger partial charge in [0.2, 0.25) is 0 Å². The predicted octanol–water partition coefficient (Wildman–Crippen LogP) is 10.0. The normalized spacial score (nSPS) is 18.6. The van der Waals surface area contributed by atoms with Gasteiger partial charge in [0.05, 0.1) is 0 Å². The molecule has 0 fully saturated rings. The van der Waals surface area contributed by atoms with Crippen LogP contribution in [-0.4, -0.2) is 0 Å². The molecule has 0 aromatic rings. The molecule has 0 heterocycles. The molecule has 0 bridgehead atoms. The zero-order chi connectivity index (χ0) is 13.0. The molecule has 0 aliphatic rings. The van der Waals surface area contributed by atoms with Crippen molar-refractivity contribution in [1.82, 2.24) is 0 Å². The van der Waals surface area contributed by atoms with Crippen LogP contribution in [-0.2, 0) is 0 Å². The van der Waals surface area contributed by atoms with Crippen molar-refractivity contribution in [3.63, 3.8) is 0 Å². The molecular weight excluding hydrogens is 496 g/mol. The lowest BCUT2D eigenvalue weighted by atomic mass is 28.6. The maximum atomic E-state index is 4.00. The third-order valence-corrected chi connectivity index (χ3v) is 91.1. The molecule has 0 N–H and O–H groups in total. The molecule has 0 saturated carbocycles. The van der Waals surface area contributed by atoms with Crippen molar-refractivity contribution in [2.24, 2.45) is 0 Å². The molecule has 0 spiro atoms. The second-order valence-corrected chi connectivity index (χ2v) is 60.5. The van der Waals surface area contributed by atoms with Crippen molar-refractivity contribution >= 4 is 129 Å². The molecule has 0 aliphatic heterocycles. The Morgan fingerprint density at radius 3 is 1.19 bits per heavy atom. The van der Waals surface area contributed by atoms with E-state index in [9.17, 15) is 0 Å². The molecule has 8 unspecified atom stereocenters. The third-order valence-electron chi connectivity index (χ3n) is 1.12. The van der Waals surface area contributed by atoms with Crippen molar-refractivity contribution in [3.05, 3.63) is 0 Å². The largest absolute Gasteiger partial charge is 0.555 e. The van der Waals surface area contributed by atoms with Crippen LogP contribution in [0, 0.1) is 0 Å². The van der Waals surface area contributed by atoms with E-state index in [4.69, 9.17) is 0 Å². The summed E-state index contributed by atoms with van der Waals surface area (Å²) < 4.78 is 0. The van der Waals surface area contributed by atoms with Crippen LogP contribution in [0.2, 0.25) is 0 Å². The lowest BCUT2D eigenvalue weighted by Crippen LogP contribution is -1.51. The van der Waals surface area contributed by atoms with Crippen LogP contribution in [0.25, 0.3) is 0 Å². The minimum absolute atomic E-state index is 0.00572. The van der Waals surface area contributed by atoms with E-state index < -0.39 is 0 Å². The second kappa shape index (κ2) is 12.3. The lowest BCUT2D eigenvalue weighted by molar-refractivity contribution is 4.55. The van der Waals surface area contributed by atoms with Crippen LogP contribution in [0.1, 0.15) is 0 Å². The zero-order valence-electron chi connectivity index (χ0n) is 8.02. The highest BCUT2D eigenvalue weighted by Gasteiger charge is 2.26. The first-order valence-electron chi connectivity index (χ1n) is 3.39. The van der Waals surface area contributed by atoms with Gasteiger partial charge in [0.15, 0.2) is 0 Å². The van der Waals surface area contributed by atoms with E-state index in [2.05, 4.69) is 80.4 Å². The first kappa shape index (κ1) is 22.9. The summed E-state index contributed by atoms with van der Waals surface area (Å²) in [5, 5.41) is 0. The van der Waals surface area contributed by atoms with Crippen LogP contribution in [0.4, 0.5) is 0 Å². The molecular formula is H14P16-4. The molecule has 8 atom stereocenters. The molecule has 0 saturated heterocycles. The fourth-order valence-corrected chi connectivity index (χ4v) is 155. The van der Waals surface area contributed by atoms with E-state index in [0.29, 0.717) is 0 Å². The molecule has 16 heavy (non-hydrogen) atoms. The summed E-state index contributed by atoms with van der Waals surface area (Å²) in [6, 6.07) is 0. The smallest absolute Gasteiger partial charge is 0.0107 e. The Hall–Kier alpha value is 6.88. The van der Waals surface area contributed by atoms with Gasteiger partial charge in [-0.05, 0) is 21.0 Å². The molecule has 0 aromatic heterocycles. The van der Waals surface area contributed by atoms with Gasteiger partial charge in [0, 0.05) is 0 Å². The van der Waals surface area contributed by atoms with Gasteiger partial charge in [-0.2, -0.15) is 0 Å². The van der Waals surface area contributed by atoms with Crippen molar-refractivity contribution in [2.75, 3.05) is 0 Å². The van der Waals surface area contributed by atoms with Crippen LogP contribution in [0.5, 0.6) is 0 Å². The Kier molecular flexibility index (Phi) is 17.5. The molecule has 98 valence electrons. The average Bonchev–Trinajstić information content (AvgIpc) is 2.10. The standard InChI is InChI=1S/H14P16/c1-10(2)14(9)16(13(7)8)15(11(3)4)12(5)6/h1-2,7,9H,3-6,8H2/q-4. The Morgan fingerprint density at radius 1 is 0.625 bits per heavy atom. The number of hydrogen-bond acceptors (Lipinski definition) is 0. The SMILES string of the molecule is [PH-]P([PH-])P([PH-])P(P([PH-])P)P(P(P)P)P(P)P. The maximum absolute atomic E-state index is 4.00. The van der Waals surface area contributed by atoms with E-state index in [0.717, 1.165) is 0 Å². The van der Waals surface area contributed by atoms with Crippen LogP contribution < -0.4 is 0 Å². The minimum atomic E-state index is -0.226. The Bertz CT molecular complexity index is 168. The molecule has 0 rings (SSSR count). The van der Waals surface area contributed by atoms with E-state index >= 15 is 0 Å². The average molecular weight is 510 g/mol. The fraction of sp³-hybridized carbons (Fsp3) is 0. The molecule has 0 amide bonds. The first-order chi connectivity index (χ1) is 7.20. The Labute approximate surface area is 128 Å². The third kappa shape index (κ3) is 8.65. The van der Waals surface area contributed by atoms with Gasteiger partial charge in [-0.3, -0.25) is 6.99 Å². The Morgan fingerprint density at radius 2 is 1.00 bits per heavy atom. The number of rotatable bonds is 6. The van der Waals surface area contributed by atoms with Crippen molar-refractivity contribution < 1.29 is 0 Å². The second-order valence-electron chi connectivity index (χ2n) is 2.24. The molecule has 16 heteroatoms. The monoisotopic (exact) mass is 510 g/mol. The molecule has 0 nitrogen and oxygen atoms in total. The van der Waals surface area contributed by atoms with Gasteiger partial charge < -0.3 is 42.7 Å². The maximum Gasteiger partial charge on any atom is -0.0107 e. The quantitative estimate of drug-likeness (QED) is 0.313. The summed E-state index contributed by atoms with van der Waals surface area (Å²) >= 11 is 0. The van der Waals surface area contributed by atoms with Gasteiger partial charge in [0.1, 0.15) is 0 Å². The minimum Gasteiger partial charge on any atom is -0.555 e. The topological polar surface area (TPSA) is 0 Å².